The molecule has 1 aliphatic heterocycles. The van der Waals surface area contributed by atoms with Crippen LogP contribution in [0.2, 0.25) is 5.02 Å². The summed E-state index contributed by atoms with van der Waals surface area (Å²) in [7, 11) is 0. The molecule has 4 nitrogen and oxygen atoms in total. The van der Waals surface area contributed by atoms with E-state index in [4.69, 9.17) is 11.6 Å². The van der Waals surface area contributed by atoms with Crippen molar-refractivity contribution in [2.75, 3.05) is 31.1 Å². The minimum Gasteiger partial charge on any atom is -0.360 e. The Morgan fingerprint density at radius 3 is 2.95 bits per heavy atom. The van der Waals surface area contributed by atoms with Crippen molar-refractivity contribution >= 4 is 23.2 Å². The Labute approximate surface area is 125 Å². The molecule has 2 N–H and O–H groups in total. The summed E-state index contributed by atoms with van der Waals surface area (Å²) in [4.78, 5) is 13.6. The Bertz CT molecular complexity index is 476. The van der Waals surface area contributed by atoms with Crippen molar-refractivity contribution in [2.45, 2.75) is 20.4 Å². The summed E-state index contributed by atoms with van der Waals surface area (Å²) in [5.41, 5.74) is 2.13. The van der Waals surface area contributed by atoms with Gasteiger partial charge in [0.2, 0.25) is 5.91 Å². The van der Waals surface area contributed by atoms with Crippen LogP contribution in [0.15, 0.2) is 18.2 Å². The van der Waals surface area contributed by atoms with Crippen molar-refractivity contribution in [3.05, 3.63) is 28.8 Å². The first-order valence-electron chi connectivity index (χ1n) is 7.07. The highest BCUT2D eigenvalue weighted by Crippen LogP contribution is 2.28. The standard InChI is InChI=1S/C15H22ClN3O/c1-11(2)8-17-9-12-13(16)4-3-5-14(12)19-7-6-18-15(20)10-19/h3-5,11,17H,6-10H2,1-2H3,(H,18,20). The van der Waals surface area contributed by atoms with Crippen LogP contribution in [0.1, 0.15) is 19.4 Å². The summed E-state index contributed by atoms with van der Waals surface area (Å²) in [6, 6.07) is 5.88. The zero-order chi connectivity index (χ0) is 14.5. The number of piperazine rings is 1. The van der Waals surface area contributed by atoms with Crippen molar-refractivity contribution in [1.82, 2.24) is 10.6 Å². The fourth-order valence-electron chi connectivity index (χ4n) is 2.35. The van der Waals surface area contributed by atoms with Gasteiger partial charge in [0.05, 0.1) is 6.54 Å². The van der Waals surface area contributed by atoms with Crippen LogP contribution in [0.3, 0.4) is 0 Å². The maximum absolute atomic E-state index is 11.5. The van der Waals surface area contributed by atoms with Crippen molar-refractivity contribution in [1.29, 1.82) is 0 Å². The van der Waals surface area contributed by atoms with Gasteiger partial charge >= 0.3 is 0 Å². The minimum atomic E-state index is 0.0670. The molecule has 0 atom stereocenters. The lowest BCUT2D eigenvalue weighted by molar-refractivity contribution is -0.120. The van der Waals surface area contributed by atoms with E-state index in [0.717, 1.165) is 35.9 Å². The third kappa shape index (κ3) is 3.87. The Morgan fingerprint density at radius 2 is 2.25 bits per heavy atom. The van der Waals surface area contributed by atoms with Gasteiger partial charge in [-0.3, -0.25) is 4.79 Å². The third-order valence-corrected chi connectivity index (χ3v) is 3.68. The van der Waals surface area contributed by atoms with Crippen LogP contribution in [-0.4, -0.2) is 32.1 Å². The zero-order valence-corrected chi connectivity index (χ0v) is 12.8. The molecule has 0 unspecified atom stereocenters. The van der Waals surface area contributed by atoms with E-state index < -0.39 is 0 Å². The molecule has 1 amide bonds. The van der Waals surface area contributed by atoms with Crippen molar-refractivity contribution in [3.63, 3.8) is 0 Å². The van der Waals surface area contributed by atoms with E-state index in [9.17, 15) is 4.79 Å². The minimum absolute atomic E-state index is 0.0670. The Balaban J connectivity index is 2.14. The second kappa shape index (κ2) is 6.95. The highest BCUT2D eigenvalue weighted by atomic mass is 35.5. The molecule has 2 rings (SSSR count). The smallest absolute Gasteiger partial charge is 0.239 e. The first kappa shape index (κ1) is 15.1. The average Bonchev–Trinajstić information content (AvgIpc) is 2.40. The van der Waals surface area contributed by atoms with Crippen molar-refractivity contribution < 1.29 is 4.79 Å². The van der Waals surface area contributed by atoms with Gasteiger partial charge in [-0.1, -0.05) is 31.5 Å². The molecule has 0 spiro atoms. The predicted octanol–water partition coefficient (Wildman–Crippen LogP) is 2.02. The number of benzene rings is 1. The zero-order valence-electron chi connectivity index (χ0n) is 12.1. The molecule has 110 valence electrons. The Hall–Kier alpha value is -1.26. The second-order valence-electron chi connectivity index (χ2n) is 5.53. The molecule has 0 aliphatic carbocycles. The van der Waals surface area contributed by atoms with E-state index in [2.05, 4.69) is 29.4 Å². The van der Waals surface area contributed by atoms with Crippen LogP contribution in [0.4, 0.5) is 5.69 Å². The molecule has 1 saturated heterocycles. The second-order valence-corrected chi connectivity index (χ2v) is 5.94. The number of nitrogens with zero attached hydrogens (tertiary/aromatic N) is 1. The quantitative estimate of drug-likeness (QED) is 0.873. The van der Waals surface area contributed by atoms with E-state index >= 15 is 0 Å². The lowest BCUT2D eigenvalue weighted by atomic mass is 10.1. The normalized spacial score (nSPS) is 15.6. The molecular formula is C15H22ClN3O. The predicted molar refractivity (Wildman–Crippen MR) is 83.2 cm³/mol. The Kier molecular flexibility index (Phi) is 5.26. The Morgan fingerprint density at radius 1 is 1.45 bits per heavy atom. The SMILES string of the molecule is CC(C)CNCc1c(Cl)cccc1N1CCNC(=O)C1. The molecule has 0 bridgehead atoms. The molecule has 1 fully saturated rings. The average molecular weight is 296 g/mol. The topological polar surface area (TPSA) is 44.4 Å². The molecule has 0 saturated carbocycles. The molecular weight excluding hydrogens is 274 g/mol. The number of rotatable bonds is 5. The van der Waals surface area contributed by atoms with E-state index in [1.54, 1.807) is 0 Å². The first-order valence-corrected chi connectivity index (χ1v) is 7.45. The summed E-state index contributed by atoms with van der Waals surface area (Å²) < 4.78 is 0. The summed E-state index contributed by atoms with van der Waals surface area (Å²) in [6.45, 7) is 7.94. The van der Waals surface area contributed by atoms with E-state index in [0.29, 0.717) is 19.0 Å². The number of hydrogen-bond acceptors (Lipinski definition) is 3. The summed E-state index contributed by atoms with van der Waals surface area (Å²) in [6.07, 6.45) is 0. The lowest BCUT2D eigenvalue weighted by Gasteiger charge is -2.30. The van der Waals surface area contributed by atoms with Gasteiger partial charge in [0, 0.05) is 35.9 Å². The van der Waals surface area contributed by atoms with Crippen LogP contribution in [0, 0.1) is 5.92 Å². The van der Waals surface area contributed by atoms with E-state index in [1.165, 1.54) is 0 Å². The summed E-state index contributed by atoms with van der Waals surface area (Å²) in [5.74, 6) is 0.666. The maximum Gasteiger partial charge on any atom is 0.239 e. The number of carbonyl (C=O) groups is 1. The van der Waals surface area contributed by atoms with Crippen LogP contribution in [-0.2, 0) is 11.3 Å². The fourth-order valence-corrected chi connectivity index (χ4v) is 2.58. The number of halogens is 1. The number of amides is 1. The number of anilines is 1. The molecule has 1 heterocycles. The number of nitrogens with one attached hydrogen (secondary N) is 2. The largest absolute Gasteiger partial charge is 0.360 e. The van der Waals surface area contributed by atoms with Crippen molar-refractivity contribution in [2.24, 2.45) is 5.92 Å². The van der Waals surface area contributed by atoms with E-state index in [1.807, 2.05) is 18.2 Å². The molecule has 1 aromatic rings. The van der Waals surface area contributed by atoms with Gasteiger partial charge in [-0.05, 0) is 24.6 Å². The van der Waals surface area contributed by atoms with Gasteiger partial charge in [0.15, 0.2) is 0 Å². The molecule has 0 radical (unpaired) electrons. The first-order chi connectivity index (χ1) is 9.58. The van der Waals surface area contributed by atoms with Gasteiger partial charge in [0.1, 0.15) is 0 Å². The highest BCUT2D eigenvalue weighted by Gasteiger charge is 2.19. The van der Waals surface area contributed by atoms with Gasteiger partial charge in [-0.25, -0.2) is 0 Å². The van der Waals surface area contributed by atoms with Gasteiger partial charge < -0.3 is 15.5 Å². The van der Waals surface area contributed by atoms with Gasteiger partial charge in [-0.2, -0.15) is 0 Å². The van der Waals surface area contributed by atoms with Crippen LogP contribution in [0.5, 0.6) is 0 Å². The monoisotopic (exact) mass is 295 g/mol. The molecule has 20 heavy (non-hydrogen) atoms. The molecule has 1 aromatic carbocycles. The van der Waals surface area contributed by atoms with Crippen LogP contribution in [0.25, 0.3) is 0 Å². The number of hydrogen-bond donors (Lipinski definition) is 2. The molecule has 1 aliphatic rings. The maximum atomic E-state index is 11.5. The summed E-state index contributed by atoms with van der Waals surface area (Å²) in [5, 5.41) is 7.02. The summed E-state index contributed by atoms with van der Waals surface area (Å²) >= 11 is 6.33. The fraction of sp³-hybridized carbons (Fsp3) is 0.533. The number of carbonyl (C=O) groups excluding carboxylic acids is 1. The third-order valence-electron chi connectivity index (χ3n) is 3.33. The lowest BCUT2D eigenvalue weighted by Crippen LogP contribution is -2.48. The van der Waals surface area contributed by atoms with Crippen LogP contribution >= 0.6 is 11.6 Å². The van der Waals surface area contributed by atoms with Crippen LogP contribution < -0.4 is 15.5 Å². The molecule has 0 aromatic heterocycles. The highest BCUT2D eigenvalue weighted by molar-refractivity contribution is 6.31. The van der Waals surface area contributed by atoms with Gasteiger partial charge in [-0.15, -0.1) is 0 Å². The van der Waals surface area contributed by atoms with Crippen molar-refractivity contribution in [3.8, 4) is 0 Å². The van der Waals surface area contributed by atoms with E-state index in [-0.39, 0.29) is 5.91 Å². The van der Waals surface area contributed by atoms with Gasteiger partial charge in [0.25, 0.3) is 0 Å². The molecule has 5 heteroatoms.